The number of hydrogen-bond acceptors (Lipinski definition) is 5. The summed E-state index contributed by atoms with van der Waals surface area (Å²) in [5, 5.41) is 10.7. The van der Waals surface area contributed by atoms with E-state index in [1.807, 2.05) is 16.3 Å². The Balaban J connectivity index is 1.63. The number of hydrogen-bond donors (Lipinski definition) is 1. The van der Waals surface area contributed by atoms with Crippen LogP contribution in [0.4, 0.5) is 29.3 Å². The van der Waals surface area contributed by atoms with Gasteiger partial charge in [-0.15, -0.1) is 0 Å². The number of nitriles is 1. The average Bonchev–Trinajstić information content (AvgIpc) is 3.07. The van der Waals surface area contributed by atoms with Crippen LogP contribution in [0.3, 0.4) is 0 Å². The lowest BCUT2D eigenvalue weighted by Gasteiger charge is -2.30. The number of nitrogens with zero attached hydrogens (tertiary/aromatic N) is 3. The molecule has 0 aliphatic carbocycles. The van der Waals surface area contributed by atoms with Crippen LogP contribution >= 0.6 is 0 Å². The Labute approximate surface area is 165 Å². The van der Waals surface area contributed by atoms with Crippen molar-refractivity contribution in [2.24, 2.45) is 0 Å². The van der Waals surface area contributed by atoms with E-state index in [4.69, 9.17) is 10.00 Å². The minimum Gasteiger partial charge on any atom is -0.442 e. The number of amides is 2. The fraction of sp³-hybridized carbons (Fsp3) is 0.421. The molecule has 2 amide bonds. The van der Waals surface area contributed by atoms with Crippen molar-refractivity contribution in [2.45, 2.75) is 25.4 Å². The molecule has 2 heterocycles. The van der Waals surface area contributed by atoms with Crippen molar-refractivity contribution in [1.29, 1.82) is 5.26 Å². The largest absolute Gasteiger partial charge is 0.442 e. The third-order valence-corrected chi connectivity index (χ3v) is 4.83. The van der Waals surface area contributed by atoms with Crippen LogP contribution in [0.5, 0.6) is 0 Å². The first-order chi connectivity index (χ1) is 13.9. The van der Waals surface area contributed by atoms with Gasteiger partial charge in [0.2, 0.25) is 0 Å². The molecule has 2 aliphatic heterocycles. The highest BCUT2D eigenvalue weighted by atomic mass is 19.3. The van der Waals surface area contributed by atoms with E-state index in [1.165, 1.54) is 17.0 Å². The standard InChI is InChI=1S/C19H19F3N4O3/c20-15-9-13(1-2-16(15)25-7-4-12(3-6-23)5-8-25)26-11-14(29-19(26)28)10-24-18(27)17(21)22/h1-3,9,14,17H,4-5,7-8,10-11H2,(H,24,27). The van der Waals surface area contributed by atoms with Crippen molar-refractivity contribution in [3.8, 4) is 6.07 Å². The molecule has 154 valence electrons. The molecule has 2 aliphatic rings. The van der Waals surface area contributed by atoms with Gasteiger partial charge in [-0.1, -0.05) is 5.57 Å². The van der Waals surface area contributed by atoms with Crippen LogP contribution in [-0.4, -0.2) is 50.7 Å². The van der Waals surface area contributed by atoms with Crippen LogP contribution in [0.1, 0.15) is 12.8 Å². The van der Waals surface area contributed by atoms with Gasteiger partial charge in [-0.2, -0.15) is 14.0 Å². The Morgan fingerprint density at radius 1 is 1.38 bits per heavy atom. The van der Waals surface area contributed by atoms with Crippen LogP contribution in [0, 0.1) is 17.1 Å². The molecule has 10 heteroatoms. The quantitative estimate of drug-likeness (QED) is 0.757. The summed E-state index contributed by atoms with van der Waals surface area (Å²) in [4.78, 5) is 26.0. The van der Waals surface area contributed by atoms with Gasteiger partial charge in [-0.3, -0.25) is 9.69 Å². The third kappa shape index (κ3) is 4.80. The minimum absolute atomic E-state index is 0.00711. The molecule has 2 fully saturated rings. The zero-order valence-electron chi connectivity index (χ0n) is 15.4. The number of benzene rings is 1. The van der Waals surface area contributed by atoms with Gasteiger partial charge >= 0.3 is 12.5 Å². The molecule has 0 aromatic heterocycles. The van der Waals surface area contributed by atoms with Crippen molar-refractivity contribution in [3.63, 3.8) is 0 Å². The molecule has 29 heavy (non-hydrogen) atoms. The van der Waals surface area contributed by atoms with Crippen LogP contribution in [0.25, 0.3) is 0 Å². The topological polar surface area (TPSA) is 85.7 Å². The van der Waals surface area contributed by atoms with Crippen LogP contribution in [0.15, 0.2) is 29.8 Å². The molecule has 0 bridgehead atoms. The molecule has 1 atom stereocenters. The van der Waals surface area contributed by atoms with Gasteiger partial charge in [0, 0.05) is 19.2 Å². The van der Waals surface area contributed by atoms with Gasteiger partial charge in [-0.05, 0) is 31.0 Å². The predicted molar refractivity (Wildman–Crippen MR) is 98.2 cm³/mol. The summed E-state index contributed by atoms with van der Waals surface area (Å²) in [5.41, 5.74) is 1.71. The Hall–Kier alpha value is -3.22. The highest BCUT2D eigenvalue weighted by Gasteiger charge is 2.33. The minimum atomic E-state index is -3.15. The van der Waals surface area contributed by atoms with E-state index in [-0.39, 0.29) is 18.8 Å². The lowest BCUT2D eigenvalue weighted by Crippen LogP contribution is -2.37. The number of anilines is 2. The van der Waals surface area contributed by atoms with Gasteiger partial charge in [-0.25, -0.2) is 9.18 Å². The van der Waals surface area contributed by atoms with Crippen LogP contribution in [-0.2, 0) is 9.53 Å². The molecular weight excluding hydrogens is 389 g/mol. The lowest BCUT2D eigenvalue weighted by molar-refractivity contribution is -0.132. The summed E-state index contributed by atoms with van der Waals surface area (Å²) in [6.07, 6.45) is -1.81. The number of piperidine rings is 1. The molecule has 0 spiro atoms. The van der Waals surface area contributed by atoms with E-state index in [2.05, 4.69) is 0 Å². The summed E-state index contributed by atoms with van der Waals surface area (Å²) in [5.74, 6) is -1.94. The van der Waals surface area contributed by atoms with E-state index in [9.17, 15) is 22.8 Å². The number of ether oxygens (including phenoxy) is 1. The molecule has 1 unspecified atom stereocenters. The Kier molecular flexibility index (Phi) is 6.26. The van der Waals surface area contributed by atoms with Crippen molar-refractivity contribution in [3.05, 3.63) is 35.7 Å². The summed E-state index contributed by atoms with van der Waals surface area (Å²) >= 11 is 0. The molecular formula is C19H19F3N4O3. The second kappa shape index (κ2) is 8.86. The predicted octanol–water partition coefficient (Wildman–Crippen LogP) is 2.58. The molecule has 7 nitrogen and oxygen atoms in total. The van der Waals surface area contributed by atoms with E-state index in [0.29, 0.717) is 31.6 Å². The number of carbonyl (C=O) groups excluding carboxylic acids is 2. The number of allylic oxidation sites excluding steroid dienone is 1. The van der Waals surface area contributed by atoms with Crippen molar-refractivity contribution in [2.75, 3.05) is 36.0 Å². The summed E-state index contributed by atoms with van der Waals surface area (Å²) in [6.45, 7) is 0.925. The molecule has 0 radical (unpaired) electrons. The number of alkyl halides is 2. The van der Waals surface area contributed by atoms with E-state index < -0.39 is 30.3 Å². The number of cyclic esters (lactones) is 1. The van der Waals surface area contributed by atoms with Crippen molar-refractivity contribution >= 4 is 23.4 Å². The highest BCUT2D eigenvalue weighted by Crippen LogP contribution is 2.30. The molecule has 0 saturated carbocycles. The first kappa shape index (κ1) is 20.5. The van der Waals surface area contributed by atoms with Crippen LogP contribution in [0.2, 0.25) is 0 Å². The maximum absolute atomic E-state index is 14.7. The number of carbonyl (C=O) groups is 2. The monoisotopic (exact) mass is 408 g/mol. The van der Waals surface area contributed by atoms with Gasteiger partial charge in [0.05, 0.1) is 30.5 Å². The maximum atomic E-state index is 14.7. The molecule has 1 aromatic carbocycles. The fourth-order valence-electron chi connectivity index (χ4n) is 3.32. The van der Waals surface area contributed by atoms with Crippen molar-refractivity contribution < 1.29 is 27.5 Å². The Bertz CT molecular complexity index is 859. The van der Waals surface area contributed by atoms with Crippen molar-refractivity contribution in [1.82, 2.24) is 5.32 Å². The molecule has 3 rings (SSSR count). The first-order valence-corrected chi connectivity index (χ1v) is 9.05. The summed E-state index contributed by atoms with van der Waals surface area (Å²) in [6, 6.07) is 6.38. The summed E-state index contributed by atoms with van der Waals surface area (Å²) in [7, 11) is 0. The zero-order chi connectivity index (χ0) is 21.0. The van der Waals surface area contributed by atoms with Gasteiger partial charge in [0.1, 0.15) is 11.9 Å². The molecule has 1 aromatic rings. The van der Waals surface area contributed by atoms with E-state index in [1.54, 1.807) is 12.1 Å². The van der Waals surface area contributed by atoms with Gasteiger partial charge < -0.3 is 15.0 Å². The third-order valence-electron chi connectivity index (χ3n) is 4.83. The fourth-order valence-corrected chi connectivity index (χ4v) is 3.32. The van der Waals surface area contributed by atoms with Crippen LogP contribution < -0.4 is 15.1 Å². The average molecular weight is 408 g/mol. The Morgan fingerprint density at radius 2 is 2.10 bits per heavy atom. The lowest BCUT2D eigenvalue weighted by atomic mass is 10.0. The first-order valence-electron chi connectivity index (χ1n) is 9.05. The summed E-state index contributed by atoms with van der Waals surface area (Å²) < 4.78 is 44.2. The van der Waals surface area contributed by atoms with Gasteiger partial charge in [0.25, 0.3) is 5.91 Å². The highest BCUT2D eigenvalue weighted by molar-refractivity contribution is 5.90. The smallest absolute Gasteiger partial charge is 0.414 e. The Morgan fingerprint density at radius 3 is 2.72 bits per heavy atom. The maximum Gasteiger partial charge on any atom is 0.414 e. The SMILES string of the molecule is N#CC=C1CCN(c2ccc(N3CC(CNC(=O)C(F)F)OC3=O)cc2F)CC1. The van der Waals surface area contributed by atoms with E-state index >= 15 is 0 Å². The number of nitrogens with one attached hydrogen (secondary N) is 1. The number of rotatable bonds is 5. The zero-order valence-corrected chi connectivity index (χ0v) is 15.4. The normalized spacial score (nSPS) is 19.2. The second-order valence-corrected chi connectivity index (χ2v) is 6.72. The van der Waals surface area contributed by atoms with Gasteiger partial charge in [0.15, 0.2) is 0 Å². The molecule has 2 saturated heterocycles. The second-order valence-electron chi connectivity index (χ2n) is 6.72. The number of halogens is 3. The van der Waals surface area contributed by atoms with E-state index in [0.717, 1.165) is 5.57 Å². The molecule has 1 N–H and O–H groups in total.